The first-order chi connectivity index (χ1) is 9.89. The SMILES string of the molecule is CC(C)(C)Nc1ncnc(N(CCC#N)CCC#N)c1N. The van der Waals surface area contributed by atoms with Gasteiger partial charge in [-0.1, -0.05) is 0 Å². The van der Waals surface area contributed by atoms with Crippen LogP contribution < -0.4 is 16.0 Å². The van der Waals surface area contributed by atoms with Crippen LogP contribution >= 0.6 is 0 Å². The average molecular weight is 287 g/mol. The molecule has 0 unspecified atom stereocenters. The molecule has 0 aliphatic rings. The van der Waals surface area contributed by atoms with Gasteiger partial charge < -0.3 is 16.0 Å². The van der Waals surface area contributed by atoms with Gasteiger partial charge in [-0.25, -0.2) is 9.97 Å². The summed E-state index contributed by atoms with van der Waals surface area (Å²) in [6.45, 7) is 6.99. The van der Waals surface area contributed by atoms with Gasteiger partial charge >= 0.3 is 0 Å². The van der Waals surface area contributed by atoms with Crippen molar-refractivity contribution >= 4 is 17.3 Å². The Hall–Kier alpha value is -2.54. The van der Waals surface area contributed by atoms with Gasteiger partial charge in [0.15, 0.2) is 11.6 Å². The molecule has 0 aliphatic carbocycles. The molecule has 0 aromatic carbocycles. The van der Waals surface area contributed by atoms with E-state index in [2.05, 4.69) is 27.4 Å². The predicted octanol–water partition coefficient (Wildman–Crippen LogP) is 1.90. The van der Waals surface area contributed by atoms with Crippen LogP contribution in [0.2, 0.25) is 0 Å². The molecule has 7 nitrogen and oxygen atoms in total. The van der Waals surface area contributed by atoms with E-state index in [0.29, 0.717) is 43.3 Å². The van der Waals surface area contributed by atoms with Gasteiger partial charge in [0.2, 0.25) is 0 Å². The number of anilines is 3. The molecule has 0 amide bonds. The van der Waals surface area contributed by atoms with Gasteiger partial charge in [-0.2, -0.15) is 10.5 Å². The first-order valence-corrected chi connectivity index (χ1v) is 6.76. The van der Waals surface area contributed by atoms with Crippen LogP contribution in [0.15, 0.2) is 6.33 Å². The molecule has 112 valence electrons. The van der Waals surface area contributed by atoms with E-state index in [4.69, 9.17) is 16.3 Å². The van der Waals surface area contributed by atoms with E-state index < -0.39 is 0 Å². The molecule has 3 N–H and O–H groups in total. The number of nitrogens with zero attached hydrogens (tertiary/aromatic N) is 5. The zero-order valence-electron chi connectivity index (χ0n) is 12.7. The fourth-order valence-electron chi connectivity index (χ4n) is 1.79. The number of nitrogen functional groups attached to an aromatic ring is 1. The average Bonchev–Trinajstić information content (AvgIpc) is 2.40. The Morgan fingerprint density at radius 3 is 2.24 bits per heavy atom. The summed E-state index contributed by atoms with van der Waals surface area (Å²) >= 11 is 0. The number of hydrogen-bond donors (Lipinski definition) is 2. The minimum absolute atomic E-state index is 0.177. The second-order valence-electron chi connectivity index (χ2n) is 5.64. The monoisotopic (exact) mass is 287 g/mol. The summed E-state index contributed by atoms with van der Waals surface area (Å²) < 4.78 is 0. The van der Waals surface area contributed by atoms with Crippen LogP contribution in [0.1, 0.15) is 33.6 Å². The molecule has 0 fully saturated rings. The molecule has 0 bridgehead atoms. The highest BCUT2D eigenvalue weighted by molar-refractivity contribution is 5.75. The third kappa shape index (κ3) is 5.15. The maximum atomic E-state index is 8.75. The highest BCUT2D eigenvalue weighted by atomic mass is 15.2. The lowest BCUT2D eigenvalue weighted by Gasteiger charge is -2.26. The zero-order valence-corrected chi connectivity index (χ0v) is 12.7. The molecule has 7 heteroatoms. The Bertz CT molecular complexity index is 530. The Morgan fingerprint density at radius 1 is 1.19 bits per heavy atom. The molecular formula is C14H21N7. The Balaban J connectivity index is 3.05. The molecule has 0 spiro atoms. The van der Waals surface area contributed by atoms with E-state index in [0.717, 1.165) is 0 Å². The lowest BCUT2D eigenvalue weighted by atomic mass is 10.1. The van der Waals surface area contributed by atoms with E-state index in [9.17, 15) is 0 Å². The van der Waals surface area contributed by atoms with E-state index in [1.54, 1.807) is 0 Å². The first kappa shape index (κ1) is 16.5. The predicted molar refractivity (Wildman–Crippen MR) is 82.5 cm³/mol. The molecule has 1 aromatic rings. The number of rotatable bonds is 6. The second-order valence-corrected chi connectivity index (χ2v) is 5.64. The van der Waals surface area contributed by atoms with Crippen LogP contribution in [0, 0.1) is 22.7 Å². The van der Waals surface area contributed by atoms with Crippen molar-refractivity contribution in [1.29, 1.82) is 10.5 Å². The molecule has 0 saturated carbocycles. The van der Waals surface area contributed by atoms with Gasteiger partial charge in [0.05, 0.1) is 25.0 Å². The van der Waals surface area contributed by atoms with Crippen molar-refractivity contribution in [1.82, 2.24) is 9.97 Å². The largest absolute Gasteiger partial charge is 0.393 e. The third-order valence-corrected chi connectivity index (χ3v) is 2.64. The number of aromatic nitrogens is 2. The van der Waals surface area contributed by atoms with Gasteiger partial charge in [-0.3, -0.25) is 0 Å². The summed E-state index contributed by atoms with van der Waals surface area (Å²) in [5.41, 5.74) is 6.40. The summed E-state index contributed by atoms with van der Waals surface area (Å²) in [4.78, 5) is 10.2. The van der Waals surface area contributed by atoms with Crippen LogP contribution in [0.5, 0.6) is 0 Å². The zero-order chi connectivity index (χ0) is 15.9. The van der Waals surface area contributed by atoms with Crippen LogP contribution in [0.3, 0.4) is 0 Å². The van der Waals surface area contributed by atoms with Gasteiger partial charge in [0.1, 0.15) is 12.0 Å². The Labute approximate surface area is 125 Å². The smallest absolute Gasteiger partial charge is 0.157 e. The number of hydrogen-bond acceptors (Lipinski definition) is 7. The third-order valence-electron chi connectivity index (χ3n) is 2.64. The van der Waals surface area contributed by atoms with Gasteiger partial charge in [0.25, 0.3) is 0 Å². The fraction of sp³-hybridized carbons (Fsp3) is 0.571. The van der Waals surface area contributed by atoms with E-state index in [-0.39, 0.29) is 5.54 Å². The molecule has 1 heterocycles. The minimum Gasteiger partial charge on any atom is -0.393 e. The molecular weight excluding hydrogens is 266 g/mol. The molecule has 0 aliphatic heterocycles. The van der Waals surface area contributed by atoms with E-state index in [1.165, 1.54) is 6.33 Å². The summed E-state index contributed by atoms with van der Waals surface area (Å²) in [5, 5.41) is 20.7. The highest BCUT2D eigenvalue weighted by Gasteiger charge is 2.18. The number of nitrogens with one attached hydrogen (secondary N) is 1. The van der Waals surface area contributed by atoms with Crippen LogP contribution in [0.4, 0.5) is 17.3 Å². The standard InChI is InChI=1S/C14H21N7/c1-14(2,3)20-12-11(17)13(19-10-18-12)21(8-4-6-15)9-5-7-16/h10H,4-5,8-9,17H2,1-3H3,(H,18,19,20). The second kappa shape index (κ2) is 7.30. The molecule has 0 atom stereocenters. The lowest BCUT2D eigenvalue weighted by Crippen LogP contribution is -2.30. The molecule has 1 aromatic heterocycles. The van der Waals surface area contributed by atoms with Crippen molar-refractivity contribution in [2.45, 2.75) is 39.2 Å². The Morgan fingerprint density at radius 2 is 1.76 bits per heavy atom. The molecule has 1 rings (SSSR count). The van der Waals surface area contributed by atoms with E-state index in [1.807, 2.05) is 25.7 Å². The van der Waals surface area contributed by atoms with Gasteiger partial charge in [-0.05, 0) is 20.8 Å². The van der Waals surface area contributed by atoms with Crippen molar-refractivity contribution in [3.8, 4) is 12.1 Å². The topological polar surface area (TPSA) is 115 Å². The summed E-state index contributed by atoms with van der Waals surface area (Å²) in [6, 6.07) is 4.18. The fourth-order valence-corrected chi connectivity index (χ4v) is 1.79. The summed E-state index contributed by atoms with van der Waals surface area (Å²) in [7, 11) is 0. The normalized spacial score (nSPS) is 10.5. The Kier molecular flexibility index (Phi) is 5.74. The maximum absolute atomic E-state index is 8.75. The summed E-state index contributed by atoms with van der Waals surface area (Å²) in [5.74, 6) is 1.12. The van der Waals surface area contributed by atoms with Crippen LogP contribution in [-0.4, -0.2) is 28.6 Å². The van der Waals surface area contributed by atoms with Gasteiger partial charge in [-0.15, -0.1) is 0 Å². The van der Waals surface area contributed by atoms with Gasteiger partial charge in [0, 0.05) is 18.6 Å². The van der Waals surface area contributed by atoms with Crippen molar-refractivity contribution in [3.05, 3.63) is 6.33 Å². The summed E-state index contributed by atoms with van der Waals surface area (Å²) in [6.07, 6.45) is 2.12. The van der Waals surface area contributed by atoms with Crippen LogP contribution in [0.25, 0.3) is 0 Å². The van der Waals surface area contributed by atoms with Crippen molar-refractivity contribution in [2.75, 3.05) is 29.0 Å². The van der Waals surface area contributed by atoms with Crippen molar-refractivity contribution in [2.24, 2.45) is 0 Å². The number of nitriles is 2. The van der Waals surface area contributed by atoms with Crippen molar-refractivity contribution < 1.29 is 0 Å². The quantitative estimate of drug-likeness (QED) is 0.821. The first-order valence-electron chi connectivity index (χ1n) is 6.76. The minimum atomic E-state index is -0.177. The van der Waals surface area contributed by atoms with E-state index >= 15 is 0 Å². The maximum Gasteiger partial charge on any atom is 0.157 e. The molecule has 0 saturated heterocycles. The highest BCUT2D eigenvalue weighted by Crippen LogP contribution is 2.28. The molecule has 21 heavy (non-hydrogen) atoms. The van der Waals surface area contributed by atoms with Crippen LogP contribution in [-0.2, 0) is 0 Å². The number of nitrogens with two attached hydrogens (primary N) is 1. The molecule has 0 radical (unpaired) electrons. The van der Waals surface area contributed by atoms with Crippen molar-refractivity contribution in [3.63, 3.8) is 0 Å². The lowest BCUT2D eigenvalue weighted by molar-refractivity contribution is 0.630.